The summed E-state index contributed by atoms with van der Waals surface area (Å²) in [4.78, 5) is 13.4. The predicted octanol–water partition coefficient (Wildman–Crippen LogP) is 4.07. The molecule has 0 fully saturated rings. The van der Waals surface area contributed by atoms with Crippen LogP contribution in [0.15, 0.2) is 40.0 Å². The first-order valence-corrected chi connectivity index (χ1v) is 7.81. The summed E-state index contributed by atoms with van der Waals surface area (Å²) in [6.07, 6.45) is 3.85. The molecule has 0 bridgehead atoms. The number of benzene rings is 1. The van der Waals surface area contributed by atoms with Gasteiger partial charge in [-0.1, -0.05) is 0 Å². The van der Waals surface area contributed by atoms with Gasteiger partial charge in [0.25, 0.3) is 5.91 Å². The number of nitrogens with one attached hydrogen (secondary N) is 1. The molecule has 0 unspecified atom stereocenters. The summed E-state index contributed by atoms with van der Waals surface area (Å²) in [6, 6.07) is 7.82. The van der Waals surface area contributed by atoms with E-state index in [0.717, 1.165) is 15.9 Å². The molecule has 0 aliphatic heterocycles. The fourth-order valence-electron chi connectivity index (χ4n) is 1.82. The summed E-state index contributed by atoms with van der Waals surface area (Å²) in [5.41, 5.74) is 2.44. The topological polar surface area (TPSA) is 34.0 Å². The predicted molar refractivity (Wildman–Crippen MR) is 84.0 cm³/mol. The first-order chi connectivity index (χ1) is 9.02. The first-order valence-electron chi connectivity index (χ1n) is 5.79. The zero-order valence-corrected chi connectivity index (χ0v) is 13.4. The van der Waals surface area contributed by atoms with E-state index >= 15 is 0 Å². The Morgan fingerprint density at radius 3 is 2.42 bits per heavy atom. The number of halogens is 1. The Labute approximate surface area is 125 Å². The monoisotopic (exact) mass is 338 g/mol. The van der Waals surface area contributed by atoms with Crippen molar-refractivity contribution < 1.29 is 4.79 Å². The lowest BCUT2D eigenvalue weighted by Crippen LogP contribution is -2.12. The van der Waals surface area contributed by atoms with Crippen LogP contribution in [-0.4, -0.2) is 16.7 Å². The number of anilines is 1. The minimum atomic E-state index is -0.0873. The zero-order chi connectivity index (χ0) is 14.0. The van der Waals surface area contributed by atoms with Gasteiger partial charge >= 0.3 is 0 Å². The van der Waals surface area contributed by atoms with Gasteiger partial charge in [0.15, 0.2) is 0 Å². The number of thioether (sulfide) groups is 1. The largest absolute Gasteiger partial charge is 0.344 e. The molecule has 0 aliphatic carbocycles. The van der Waals surface area contributed by atoms with E-state index in [1.165, 1.54) is 4.90 Å². The van der Waals surface area contributed by atoms with Crippen molar-refractivity contribution in [2.75, 3.05) is 11.6 Å². The van der Waals surface area contributed by atoms with Crippen LogP contribution >= 0.6 is 27.7 Å². The Morgan fingerprint density at radius 1 is 1.32 bits per heavy atom. The van der Waals surface area contributed by atoms with E-state index in [-0.39, 0.29) is 5.91 Å². The van der Waals surface area contributed by atoms with Gasteiger partial charge in [0.1, 0.15) is 0 Å². The highest BCUT2D eigenvalue weighted by Gasteiger charge is 2.15. The Kier molecular flexibility index (Phi) is 4.37. The van der Waals surface area contributed by atoms with Crippen LogP contribution in [0.1, 0.15) is 15.9 Å². The molecule has 100 valence electrons. The molecule has 0 aliphatic rings. The summed E-state index contributed by atoms with van der Waals surface area (Å²) in [6.45, 7) is 1.93. The third-order valence-corrected chi connectivity index (χ3v) is 4.84. The van der Waals surface area contributed by atoms with Gasteiger partial charge in [-0.3, -0.25) is 4.79 Å². The van der Waals surface area contributed by atoms with Crippen molar-refractivity contribution in [1.29, 1.82) is 0 Å². The lowest BCUT2D eigenvalue weighted by Gasteiger charge is -2.05. The normalized spacial score (nSPS) is 10.5. The number of carbonyl (C=O) groups is 1. The van der Waals surface area contributed by atoms with Crippen LogP contribution in [0, 0.1) is 6.92 Å². The molecule has 1 amide bonds. The Balaban J connectivity index is 2.18. The van der Waals surface area contributed by atoms with Crippen molar-refractivity contribution >= 4 is 39.3 Å². The van der Waals surface area contributed by atoms with Gasteiger partial charge in [-0.05, 0) is 58.9 Å². The molecule has 5 heteroatoms. The molecule has 0 spiro atoms. The highest BCUT2D eigenvalue weighted by molar-refractivity contribution is 9.10. The third-order valence-electron chi connectivity index (χ3n) is 2.94. The van der Waals surface area contributed by atoms with Gasteiger partial charge in [-0.15, -0.1) is 11.8 Å². The molecular formula is C14H15BrN2OS. The first kappa shape index (κ1) is 14.2. The summed E-state index contributed by atoms with van der Waals surface area (Å²) in [5, 5.41) is 2.91. The van der Waals surface area contributed by atoms with E-state index in [0.29, 0.717) is 5.56 Å². The van der Waals surface area contributed by atoms with Gasteiger partial charge in [-0.2, -0.15) is 0 Å². The summed E-state index contributed by atoms with van der Waals surface area (Å²) in [7, 11) is 1.90. The Morgan fingerprint density at radius 2 is 1.95 bits per heavy atom. The van der Waals surface area contributed by atoms with E-state index in [1.807, 2.05) is 55.3 Å². The van der Waals surface area contributed by atoms with Crippen LogP contribution < -0.4 is 5.32 Å². The molecule has 0 radical (unpaired) electrons. The number of rotatable bonds is 3. The second kappa shape index (κ2) is 5.84. The Bertz CT molecular complexity index is 605. The Hall–Kier alpha value is -1.20. The number of nitrogens with zero attached hydrogens (tertiary/aromatic N) is 1. The van der Waals surface area contributed by atoms with E-state index in [2.05, 4.69) is 21.2 Å². The van der Waals surface area contributed by atoms with Crippen LogP contribution in [-0.2, 0) is 7.05 Å². The van der Waals surface area contributed by atoms with E-state index in [4.69, 9.17) is 0 Å². The second-order valence-electron chi connectivity index (χ2n) is 4.25. The average molecular weight is 339 g/mol. The molecule has 1 aromatic heterocycles. The smallest absolute Gasteiger partial charge is 0.257 e. The number of aromatic nitrogens is 1. The molecule has 1 heterocycles. The van der Waals surface area contributed by atoms with Crippen molar-refractivity contribution in [2.24, 2.45) is 7.05 Å². The number of hydrogen-bond acceptors (Lipinski definition) is 2. The van der Waals surface area contributed by atoms with Crippen LogP contribution in [0.3, 0.4) is 0 Å². The van der Waals surface area contributed by atoms with Gasteiger partial charge in [0.05, 0.1) is 10.2 Å². The minimum Gasteiger partial charge on any atom is -0.344 e. The maximum absolute atomic E-state index is 12.2. The van der Waals surface area contributed by atoms with Gasteiger partial charge in [0.2, 0.25) is 0 Å². The standard InChI is InChI=1S/C14H15BrN2OS/c1-9-12(8-17(2)13(9)15)14(18)16-10-4-6-11(19-3)7-5-10/h4-8H,1-3H3,(H,16,18). The summed E-state index contributed by atoms with van der Waals surface area (Å²) in [5.74, 6) is -0.0873. The minimum absolute atomic E-state index is 0.0873. The van der Waals surface area contributed by atoms with Crippen molar-refractivity contribution in [3.8, 4) is 0 Å². The maximum Gasteiger partial charge on any atom is 0.257 e. The molecular weight excluding hydrogens is 324 g/mol. The van der Waals surface area contributed by atoms with Crippen molar-refractivity contribution in [1.82, 2.24) is 4.57 Å². The van der Waals surface area contributed by atoms with Crippen LogP contribution in [0.5, 0.6) is 0 Å². The molecule has 0 atom stereocenters. The maximum atomic E-state index is 12.2. The highest BCUT2D eigenvalue weighted by atomic mass is 79.9. The van der Waals surface area contributed by atoms with E-state index in [1.54, 1.807) is 11.8 Å². The summed E-state index contributed by atoms with van der Waals surface area (Å²) >= 11 is 5.13. The lowest BCUT2D eigenvalue weighted by molar-refractivity contribution is 0.102. The molecule has 3 nitrogen and oxygen atoms in total. The average Bonchev–Trinajstić information content (AvgIpc) is 2.67. The van der Waals surface area contributed by atoms with Crippen LogP contribution in [0.25, 0.3) is 0 Å². The second-order valence-corrected chi connectivity index (χ2v) is 5.88. The van der Waals surface area contributed by atoms with E-state index in [9.17, 15) is 4.79 Å². The quantitative estimate of drug-likeness (QED) is 0.856. The fourth-order valence-corrected chi connectivity index (χ4v) is 2.55. The van der Waals surface area contributed by atoms with Crippen molar-refractivity contribution in [3.63, 3.8) is 0 Å². The van der Waals surface area contributed by atoms with Crippen molar-refractivity contribution in [2.45, 2.75) is 11.8 Å². The van der Waals surface area contributed by atoms with Crippen LogP contribution in [0.4, 0.5) is 5.69 Å². The number of amides is 1. The van der Waals surface area contributed by atoms with Crippen molar-refractivity contribution in [3.05, 3.63) is 46.2 Å². The highest BCUT2D eigenvalue weighted by Crippen LogP contribution is 2.23. The van der Waals surface area contributed by atoms with E-state index < -0.39 is 0 Å². The molecule has 0 saturated heterocycles. The molecule has 1 aromatic carbocycles. The molecule has 19 heavy (non-hydrogen) atoms. The number of carbonyl (C=O) groups excluding carboxylic acids is 1. The summed E-state index contributed by atoms with van der Waals surface area (Å²) < 4.78 is 2.82. The molecule has 0 saturated carbocycles. The molecule has 1 N–H and O–H groups in total. The van der Waals surface area contributed by atoms with Gasteiger partial charge in [0, 0.05) is 23.8 Å². The van der Waals surface area contributed by atoms with Gasteiger partial charge < -0.3 is 9.88 Å². The zero-order valence-electron chi connectivity index (χ0n) is 11.0. The molecule has 2 rings (SSSR count). The number of aryl methyl sites for hydroxylation is 1. The van der Waals surface area contributed by atoms with Gasteiger partial charge in [-0.25, -0.2) is 0 Å². The lowest BCUT2D eigenvalue weighted by atomic mass is 10.2. The fraction of sp³-hybridized carbons (Fsp3) is 0.214. The number of hydrogen-bond donors (Lipinski definition) is 1. The third kappa shape index (κ3) is 3.04. The molecule has 2 aromatic rings. The van der Waals surface area contributed by atoms with Crippen LogP contribution in [0.2, 0.25) is 0 Å². The SMILES string of the molecule is CSc1ccc(NC(=O)c2cn(C)c(Br)c2C)cc1.